The number of aryl methyl sites for hydroxylation is 1. The number of carbonyl (C=O) groups excluding carboxylic acids is 1. The molecule has 0 unspecified atom stereocenters. The summed E-state index contributed by atoms with van der Waals surface area (Å²) in [7, 11) is 0. The Kier molecular flexibility index (Phi) is 4.45. The summed E-state index contributed by atoms with van der Waals surface area (Å²) in [6.45, 7) is 2.83. The largest absolute Gasteiger partial charge is 0.494 e. The first kappa shape index (κ1) is 16.0. The van der Waals surface area contributed by atoms with Crippen LogP contribution in [-0.2, 0) is 0 Å². The van der Waals surface area contributed by atoms with Gasteiger partial charge in [-0.05, 0) is 6.92 Å². The molecule has 126 valence electrons. The minimum absolute atomic E-state index is 0.0177. The number of aromatic hydroxyl groups is 1. The van der Waals surface area contributed by atoms with Crippen LogP contribution < -0.4 is 10.3 Å². The molecule has 0 saturated carbocycles. The number of carbonyl (C=O) groups is 1. The molecule has 1 aliphatic rings. The first-order valence-electron chi connectivity index (χ1n) is 7.70. The smallest absolute Gasteiger partial charge is 0.254 e. The van der Waals surface area contributed by atoms with Crippen LogP contribution in [0, 0.1) is 6.92 Å². The quantitative estimate of drug-likeness (QED) is 0.864. The van der Waals surface area contributed by atoms with Gasteiger partial charge in [-0.1, -0.05) is 0 Å². The molecule has 0 radical (unpaired) electrons. The maximum Gasteiger partial charge on any atom is 0.254 e. The third-order valence-corrected chi connectivity index (χ3v) is 3.84. The molecule has 0 spiro atoms. The lowest BCUT2D eigenvalue weighted by Gasteiger charge is -2.32. The van der Waals surface area contributed by atoms with Crippen LogP contribution in [0.1, 0.15) is 29.0 Å². The Bertz CT molecular complexity index is 797. The van der Waals surface area contributed by atoms with Gasteiger partial charge in [0.2, 0.25) is 5.88 Å². The van der Waals surface area contributed by atoms with Gasteiger partial charge in [-0.15, -0.1) is 0 Å². The molecule has 2 N–H and O–H groups in total. The van der Waals surface area contributed by atoms with Gasteiger partial charge in [0, 0.05) is 50.3 Å². The minimum Gasteiger partial charge on any atom is -0.494 e. The fraction of sp³-hybridized carbons (Fsp3) is 0.375. The number of ether oxygens (including phenoxy) is 1. The highest BCUT2D eigenvalue weighted by molar-refractivity contribution is 5.94. The van der Waals surface area contributed by atoms with Crippen molar-refractivity contribution >= 4 is 5.91 Å². The zero-order valence-electron chi connectivity index (χ0n) is 13.2. The van der Waals surface area contributed by atoms with E-state index >= 15 is 0 Å². The second-order valence-electron chi connectivity index (χ2n) is 5.67. The summed E-state index contributed by atoms with van der Waals surface area (Å²) in [4.78, 5) is 35.9. The lowest BCUT2D eigenvalue weighted by molar-refractivity contribution is 0.0586. The van der Waals surface area contributed by atoms with E-state index in [4.69, 9.17) is 4.74 Å². The number of aromatic amines is 1. The van der Waals surface area contributed by atoms with E-state index in [1.807, 2.05) is 0 Å². The van der Waals surface area contributed by atoms with Crippen molar-refractivity contribution in [3.8, 4) is 11.8 Å². The third-order valence-electron chi connectivity index (χ3n) is 3.84. The van der Waals surface area contributed by atoms with E-state index in [1.165, 1.54) is 12.1 Å². The summed E-state index contributed by atoms with van der Waals surface area (Å²) < 4.78 is 5.82. The van der Waals surface area contributed by atoms with Crippen LogP contribution in [0.2, 0.25) is 0 Å². The SMILES string of the molecule is Cc1nccc(OC2CCN(C(=O)c3cc(O)[nH]c(=O)c3)CC2)n1. The Morgan fingerprint density at radius 1 is 1.38 bits per heavy atom. The Morgan fingerprint density at radius 2 is 2.12 bits per heavy atom. The zero-order chi connectivity index (χ0) is 17.1. The molecule has 3 heterocycles. The number of pyridine rings is 1. The number of nitrogens with one attached hydrogen (secondary N) is 1. The summed E-state index contributed by atoms with van der Waals surface area (Å²) in [6.07, 6.45) is 2.97. The maximum absolute atomic E-state index is 12.4. The molecule has 0 aliphatic carbocycles. The van der Waals surface area contributed by atoms with E-state index < -0.39 is 5.56 Å². The monoisotopic (exact) mass is 330 g/mol. The van der Waals surface area contributed by atoms with Gasteiger partial charge in [0.05, 0.1) is 5.56 Å². The van der Waals surface area contributed by atoms with Gasteiger partial charge in [-0.3, -0.25) is 14.6 Å². The van der Waals surface area contributed by atoms with E-state index in [0.29, 0.717) is 37.6 Å². The van der Waals surface area contributed by atoms with Crippen LogP contribution in [0.25, 0.3) is 0 Å². The standard InChI is InChI=1S/C16H18N4O4/c1-10-17-5-2-15(18-10)24-12-3-6-20(7-4-12)16(23)11-8-13(21)19-14(22)9-11/h2,5,8-9,12H,3-4,6-7H2,1H3,(H2,19,21,22). The van der Waals surface area contributed by atoms with E-state index in [2.05, 4.69) is 15.0 Å². The summed E-state index contributed by atoms with van der Waals surface area (Å²) in [5, 5.41) is 9.41. The molecule has 0 atom stereocenters. The van der Waals surface area contributed by atoms with Crippen molar-refractivity contribution in [2.24, 2.45) is 0 Å². The van der Waals surface area contributed by atoms with Crippen molar-refractivity contribution in [1.82, 2.24) is 19.9 Å². The highest BCUT2D eigenvalue weighted by atomic mass is 16.5. The number of nitrogens with zero attached hydrogens (tertiary/aromatic N) is 3. The molecule has 1 saturated heterocycles. The molecule has 0 aromatic carbocycles. The number of rotatable bonds is 3. The van der Waals surface area contributed by atoms with Crippen LogP contribution in [-0.4, -0.2) is 50.1 Å². The zero-order valence-corrected chi connectivity index (χ0v) is 13.2. The molecule has 1 amide bonds. The fourth-order valence-electron chi connectivity index (χ4n) is 2.68. The van der Waals surface area contributed by atoms with Crippen LogP contribution in [0.4, 0.5) is 0 Å². The summed E-state index contributed by atoms with van der Waals surface area (Å²) >= 11 is 0. The predicted molar refractivity (Wildman–Crippen MR) is 85.1 cm³/mol. The van der Waals surface area contributed by atoms with E-state index in [1.54, 1.807) is 24.1 Å². The van der Waals surface area contributed by atoms with Gasteiger partial charge in [0.15, 0.2) is 5.88 Å². The number of aromatic nitrogens is 3. The number of hydrogen-bond acceptors (Lipinski definition) is 6. The maximum atomic E-state index is 12.4. The summed E-state index contributed by atoms with van der Waals surface area (Å²) in [5.41, 5.74) is -0.322. The van der Waals surface area contributed by atoms with E-state index in [0.717, 1.165) is 0 Å². The molecule has 2 aromatic rings. The van der Waals surface area contributed by atoms with E-state index in [9.17, 15) is 14.7 Å². The van der Waals surface area contributed by atoms with Gasteiger partial charge in [0.25, 0.3) is 11.5 Å². The number of piperidine rings is 1. The van der Waals surface area contributed by atoms with Crippen molar-refractivity contribution < 1.29 is 14.6 Å². The molecule has 8 heteroatoms. The number of hydrogen-bond donors (Lipinski definition) is 2. The Hall–Kier alpha value is -2.90. The van der Waals surface area contributed by atoms with Crippen molar-refractivity contribution in [3.63, 3.8) is 0 Å². The Morgan fingerprint density at radius 3 is 2.79 bits per heavy atom. The van der Waals surface area contributed by atoms with Crippen LogP contribution in [0.3, 0.4) is 0 Å². The molecule has 1 aliphatic heterocycles. The van der Waals surface area contributed by atoms with Crippen LogP contribution in [0.15, 0.2) is 29.2 Å². The molecular weight excluding hydrogens is 312 g/mol. The first-order chi connectivity index (χ1) is 11.5. The van der Waals surface area contributed by atoms with Gasteiger partial charge < -0.3 is 14.7 Å². The minimum atomic E-state index is -0.504. The molecule has 2 aromatic heterocycles. The third kappa shape index (κ3) is 3.70. The average molecular weight is 330 g/mol. The second-order valence-corrected chi connectivity index (χ2v) is 5.67. The van der Waals surface area contributed by atoms with Crippen molar-refractivity contribution in [3.05, 3.63) is 46.1 Å². The van der Waals surface area contributed by atoms with Gasteiger partial charge in [-0.2, -0.15) is 4.98 Å². The predicted octanol–water partition coefficient (Wildman–Crippen LogP) is 0.863. The number of H-pyrrole nitrogens is 1. The lowest BCUT2D eigenvalue weighted by Crippen LogP contribution is -2.42. The van der Waals surface area contributed by atoms with Crippen LogP contribution >= 0.6 is 0 Å². The molecule has 0 bridgehead atoms. The van der Waals surface area contributed by atoms with Crippen molar-refractivity contribution in [2.45, 2.75) is 25.9 Å². The summed E-state index contributed by atoms with van der Waals surface area (Å²) in [5.74, 6) is 0.594. The molecule has 1 fully saturated rings. The first-order valence-corrected chi connectivity index (χ1v) is 7.70. The Labute approximate surface area is 138 Å². The number of likely N-dealkylation sites (tertiary alicyclic amines) is 1. The van der Waals surface area contributed by atoms with E-state index in [-0.39, 0.29) is 23.5 Å². The lowest BCUT2D eigenvalue weighted by atomic mass is 10.1. The topological polar surface area (TPSA) is 108 Å². The number of amides is 1. The molecule has 8 nitrogen and oxygen atoms in total. The highest BCUT2D eigenvalue weighted by Gasteiger charge is 2.25. The van der Waals surface area contributed by atoms with Crippen molar-refractivity contribution in [2.75, 3.05) is 13.1 Å². The fourth-order valence-corrected chi connectivity index (χ4v) is 2.68. The highest BCUT2D eigenvalue weighted by Crippen LogP contribution is 2.19. The normalized spacial score (nSPS) is 15.3. The van der Waals surface area contributed by atoms with Gasteiger partial charge in [-0.25, -0.2) is 4.98 Å². The second kappa shape index (κ2) is 6.69. The molecular formula is C16H18N4O4. The van der Waals surface area contributed by atoms with Crippen LogP contribution in [0.5, 0.6) is 11.8 Å². The van der Waals surface area contributed by atoms with Gasteiger partial charge >= 0.3 is 0 Å². The van der Waals surface area contributed by atoms with Crippen molar-refractivity contribution in [1.29, 1.82) is 0 Å². The summed E-state index contributed by atoms with van der Waals surface area (Å²) in [6, 6.07) is 4.16. The molecule has 3 rings (SSSR count). The average Bonchev–Trinajstić information content (AvgIpc) is 2.54. The Balaban J connectivity index is 1.60. The molecule has 24 heavy (non-hydrogen) atoms. The van der Waals surface area contributed by atoms with Gasteiger partial charge in [0.1, 0.15) is 11.9 Å².